The highest BCUT2D eigenvalue weighted by Gasteiger charge is 2.31. The van der Waals surface area contributed by atoms with Gasteiger partial charge in [0, 0.05) is 39.3 Å². The molecule has 0 radical (unpaired) electrons. The van der Waals surface area contributed by atoms with Crippen LogP contribution in [0.4, 0.5) is 0 Å². The van der Waals surface area contributed by atoms with Gasteiger partial charge < -0.3 is 4.74 Å². The maximum absolute atomic E-state index is 5.85. The number of ether oxygens (including phenoxy) is 1. The van der Waals surface area contributed by atoms with Crippen LogP contribution in [-0.2, 0) is 17.8 Å². The molecule has 2 saturated heterocycles. The molecule has 7 heteroatoms. The van der Waals surface area contributed by atoms with Crippen LogP contribution in [0.3, 0.4) is 0 Å². The molecule has 0 spiro atoms. The first-order chi connectivity index (χ1) is 15.4. The maximum Gasteiger partial charge on any atom is 0.173 e. The lowest BCUT2D eigenvalue weighted by atomic mass is 10.0. The second kappa shape index (κ2) is 9.68. The van der Waals surface area contributed by atoms with Crippen molar-refractivity contribution in [3.8, 4) is 0 Å². The number of rotatable bonds is 7. The average molecular weight is 419 g/mol. The molecule has 1 aromatic heterocycles. The molecule has 0 bridgehead atoms. The predicted molar refractivity (Wildman–Crippen MR) is 118 cm³/mol. The summed E-state index contributed by atoms with van der Waals surface area (Å²) in [5.74, 6) is 0.915. The van der Waals surface area contributed by atoms with Crippen LogP contribution in [0.5, 0.6) is 0 Å². The lowest BCUT2D eigenvalue weighted by molar-refractivity contribution is 0.0842. The second-order valence-corrected chi connectivity index (χ2v) is 8.47. The van der Waals surface area contributed by atoms with Gasteiger partial charge in [-0.25, -0.2) is 4.68 Å². The van der Waals surface area contributed by atoms with Gasteiger partial charge in [-0.15, -0.1) is 5.10 Å². The van der Waals surface area contributed by atoms with Crippen LogP contribution < -0.4 is 0 Å². The summed E-state index contributed by atoms with van der Waals surface area (Å²) >= 11 is 0. The highest BCUT2D eigenvalue weighted by molar-refractivity contribution is 5.25. The number of tetrazole rings is 1. The van der Waals surface area contributed by atoms with Gasteiger partial charge in [0.1, 0.15) is 0 Å². The fourth-order valence-electron chi connectivity index (χ4n) is 4.70. The molecule has 2 fully saturated rings. The molecule has 3 heterocycles. The minimum absolute atomic E-state index is 0.0523. The molecule has 2 aliphatic rings. The van der Waals surface area contributed by atoms with Crippen LogP contribution in [0.15, 0.2) is 60.7 Å². The topological polar surface area (TPSA) is 59.3 Å². The predicted octanol–water partition coefficient (Wildman–Crippen LogP) is 2.76. The zero-order valence-corrected chi connectivity index (χ0v) is 17.9. The third kappa shape index (κ3) is 4.84. The zero-order valence-electron chi connectivity index (χ0n) is 17.9. The van der Waals surface area contributed by atoms with E-state index in [2.05, 4.69) is 86.0 Å². The Kier molecular flexibility index (Phi) is 6.34. The summed E-state index contributed by atoms with van der Waals surface area (Å²) in [6, 6.07) is 21.4. The van der Waals surface area contributed by atoms with Gasteiger partial charge >= 0.3 is 0 Å². The Bertz CT molecular complexity index is 933. The van der Waals surface area contributed by atoms with E-state index in [9.17, 15) is 0 Å². The van der Waals surface area contributed by atoms with Crippen molar-refractivity contribution in [3.05, 3.63) is 77.6 Å². The van der Waals surface area contributed by atoms with Gasteiger partial charge in [-0.3, -0.25) is 9.80 Å². The van der Waals surface area contributed by atoms with E-state index in [1.165, 1.54) is 11.1 Å². The van der Waals surface area contributed by atoms with E-state index in [4.69, 9.17) is 4.74 Å². The molecular formula is C24H30N6O. The quantitative estimate of drug-likeness (QED) is 0.588. The molecule has 2 aromatic carbocycles. The third-order valence-corrected chi connectivity index (χ3v) is 6.34. The van der Waals surface area contributed by atoms with Crippen LogP contribution in [0.1, 0.15) is 35.8 Å². The zero-order chi connectivity index (χ0) is 20.9. The van der Waals surface area contributed by atoms with Gasteiger partial charge in [-0.1, -0.05) is 60.7 Å². The Hall–Kier alpha value is -2.61. The number of hydrogen-bond acceptors (Lipinski definition) is 6. The number of aromatic nitrogens is 4. The van der Waals surface area contributed by atoms with E-state index in [-0.39, 0.29) is 12.1 Å². The first-order valence-corrected chi connectivity index (χ1v) is 11.3. The van der Waals surface area contributed by atoms with Gasteiger partial charge in [0.25, 0.3) is 0 Å². The van der Waals surface area contributed by atoms with Gasteiger partial charge in [0.2, 0.25) is 0 Å². The van der Waals surface area contributed by atoms with Crippen molar-refractivity contribution in [2.45, 2.75) is 38.1 Å². The van der Waals surface area contributed by atoms with E-state index in [1.807, 2.05) is 4.68 Å². The lowest BCUT2D eigenvalue weighted by Crippen LogP contribution is -2.48. The Balaban J connectivity index is 1.33. The Morgan fingerprint density at radius 1 is 0.935 bits per heavy atom. The monoisotopic (exact) mass is 418 g/mol. The van der Waals surface area contributed by atoms with E-state index in [0.717, 1.165) is 64.5 Å². The van der Waals surface area contributed by atoms with Gasteiger partial charge in [0.15, 0.2) is 5.82 Å². The summed E-state index contributed by atoms with van der Waals surface area (Å²) < 4.78 is 7.81. The number of nitrogens with zero attached hydrogens (tertiary/aromatic N) is 6. The average Bonchev–Trinajstić information content (AvgIpc) is 3.50. The van der Waals surface area contributed by atoms with E-state index in [0.29, 0.717) is 0 Å². The largest absolute Gasteiger partial charge is 0.376 e. The van der Waals surface area contributed by atoms with Crippen LogP contribution in [0.2, 0.25) is 0 Å². The summed E-state index contributed by atoms with van der Waals surface area (Å²) in [4.78, 5) is 5.05. The minimum atomic E-state index is 0.0523. The SMILES string of the molecule is c1ccc(CN2CCN([C@H](c3ccccc3)c3nnnn3C[C@H]3CCCO3)CC2)cc1. The first kappa shape index (κ1) is 20.3. The highest BCUT2D eigenvalue weighted by Crippen LogP contribution is 2.29. The molecule has 3 aromatic rings. The van der Waals surface area contributed by atoms with Gasteiger partial charge in [-0.2, -0.15) is 0 Å². The molecule has 2 aliphatic heterocycles. The number of benzene rings is 2. The molecule has 2 atom stereocenters. The molecule has 7 nitrogen and oxygen atoms in total. The Labute approximate surface area is 183 Å². The minimum Gasteiger partial charge on any atom is -0.376 e. The van der Waals surface area contributed by atoms with Crippen molar-refractivity contribution in [1.29, 1.82) is 0 Å². The second-order valence-electron chi connectivity index (χ2n) is 8.47. The van der Waals surface area contributed by atoms with Crippen LogP contribution in [0.25, 0.3) is 0 Å². The van der Waals surface area contributed by atoms with Crippen molar-refractivity contribution >= 4 is 0 Å². The molecule has 0 saturated carbocycles. The fourth-order valence-corrected chi connectivity index (χ4v) is 4.70. The highest BCUT2D eigenvalue weighted by atomic mass is 16.5. The Morgan fingerprint density at radius 3 is 2.39 bits per heavy atom. The lowest BCUT2D eigenvalue weighted by Gasteiger charge is -2.39. The first-order valence-electron chi connectivity index (χ1n) is 11.3. The molecule has 31 heavy (non-hydrogen) atoms. The molecule has 162 valence electrons. The normalized spacial score (nSPS) is 21.4. The number of piperazine rings is 1. The molecular weight excluding hydrogens is 388 g/mol. The van der Waals surface area contributed by atoms with Crippen LogP contribution >= 0.6 is 0 Å². The molecule has 0 amide bonds. The van der Waals surface area contributed by atoms with Crippen molar-refractivity contribution in [1.82, 2.24) is 30.0 Å². The summed E-state index contributed by atoms with van der Waals surface area (Å²) in [6.07, 6.45) is 2.41. The van der Waals surface area contributed by atoms with E-state index >= 15 is 0 Å². The van der Waals surface area contributed by atoms with E-state index < -0.39 is 0 Å². The molecule has 0 aliphatic carbocycles. The summed E-state index contributed by atoms with van der Waals surface area (Å²) in [6.45, 7) is 6.60. The van der Waals surface area contributed by atoms with E-state index in [1.54, 1.807) is 0 Å². The summed E-state index contributed by atoms with van der Waals surface area (Å²) in [5.41, 5.74) is 2.61. The van der Waals surface area contributed by atoms with Gasteiger partial charge in [-0.05, 0) is 34.4 Å². The maximum atomic E-state index is 5.85. The van der Waals surface area contributed by atoms with Crippen LogP contribution in [-0.4, -0.2) is 68.9 Å². The molecule has 5 rings (SSSR count). The molecule has 0 unspecified atom stereocenters. The van der Waals surface area contributed by atoms with Crippen LogP contribution in [0, 0.1) is 0 Å². The van der Waals surface area contributed by atoms with Crippen molar-refractivity contribution in [2.24, 2.45) is 0 Å². The molecule has 0 N–H and O–H groups in total. The summed E-state index contributed by atoms with van der Waals surface area (Å²) in [5, 5.41) is 12.9. The summed E-state index contributed by atoms with van der Waals surface area (Å²) in [7, 11) is 0. The number of hydrogen-bond donors (Lipinski definition) is 0. The fraction of sp³-hybridized carbons (Fsp3) is 0.458. The van der Waals surface area contributed by atoms with Gasteiger partial charge in [0.05, 0.1) is 18.7 Å². The van der Waals surface area contributed by atoms with Crippen molar-refractivity contribution in [2.75, 3.05) is 32.8 Å². The van der Waals surface area contributed by atoms with Crippen molar-refractivity contribution in [3.63, 3.8) is 0 Å². The smallest absolute Gasteiger partial charge is 0.173 e. The van der Waals surface area contributed by atoms with Crippen molar-refractivity contribution < 1.29 is 4.74 Å². The Morgan fingerprint density at radius 2 is 1.68 bits per heavy atom. The standard InChI is InChI=1S/C24H30N6O/c1-3-8-20(9-4-1)18-28-13-15-29(16-14-28)23(21-10-5-2-6-11-21)24-25-26-27-30(24)19-22-12-7-17-31-22/h1-6,8-11,22-23H,7,12-19H2/t22-,23-/m1/s1. The third-order valence-electron chi connectivity index (χ3n) is 6.34.